The number of nitrogens with zero attached hydrogens (tertiary/aromatic N) is 2. The number of carbonyl (C=O) groups excluding carboxylic acids is 1. The summed E-state index contributed by atoms with van der Waals surface area (Å²) >= 11 is 0. The van der Waals surface area contributed by atoms with Crippen LogP contribution in [-0.2, 0) is 14.8 Å². The van der Waals surface area contributed by atoms with Gasteiger partial charge in [-0.2, -0.15) is 4.31 Å². The monoisotopic (exact) mass is 411 g/mol. The number of rotatable bonds is 4. The van der Waals surface area contributed by atoms with E-state index in [1.165, 1.54) is 12.3 Å². The number of nitrogens with one attached hydrogen (secondary N) is 1. The standard InChI is InChI=1S/C20H30FN3O3S/c1-15-16(21)6-5-7-17(15)22-18(25)12-23-10-8-20(9-11-23)13-19(2,3)24(14-20)28(4,26)27/h5-7H,8-14H2,1-4H3,(H,22,25). The van der Waals surface area contributed by atoms with Gasteiger partial charge in [0.25, 0.3) is 0 Å². The van der Waals surface area contributed by atoms with Gasteiger partial charge < -0.3 is 5.32 Å². The molecular formula is C20H30FN3O3S. The normalized spacial score (nSPS) is 22.5. The predicted octanol–water partition coefficient (Wildman–Crippen LogP) is 2.60. The van der Waals surface area contributed by atoms with Crippen molar-refractivity contribution in [3.63, 3.8) is 0 Å². The SMILES string of the molecule is Cc1c(F)cccc1NC(=O)CN1CCC2(CC1)CN(S(C)(=O)=O)C(C)(C)C2. The summed E-state index contributed by atoms with van der Waals surface area (Å²) in [5, 5.41) is 2.79. The Morgan fingerprint density at radius 3 is 2.46 bits per heavy atom. The summed E-state index contributed by atoms with van der Waals surface area (Å²) in [4.78, 5) is 14.5. The fraction of sp³-hybridized carbons (Fsp3) is 0.650. The number of hydrogen-bond donors (Lipinski definition) is 1. The maximum absolute atomic E-state index is 13.6. The fourth-order valence-corrected chi connectivity index (χ4v) is 6.27. The lowest BCUT2D eigenvalue weighted by Crippen LogP contribution is -2.45. The number of halogens is 1. The Labute approximate surface area is 167 Å². The largest absolute Gasteiger partial charge is 0.325 e. The molecule has 0 radical (unpaired) electrons. The highest BCUT2D eigenvalue weighted by Crippen LogP contribution is 2.48. The van der Waals surface area contributed by atoms with E-state index in [4.69, 9.17) is 0 Å². The van der Waals surface area contributed by atoms with Crippen molar-refractivity contribution in [2.24, 2.45) is 5.41 Å². The average molecular weight is 412 g/mol. The maximum atomic E-state index is 13.6. The molecule has 6 nitrogen and oxygen atoms in total. The van der Waals surface area contributed by atoms with Crippen LogP contribution in [0.2, 0.25) is 0 Å². The van der Waals surface area contributed by atoms with E-state index in [2.05, 4.69) is 10.2 Å². The number of carbonyl (C=O) groups is 1. The van der Waals surface area contributed by atoms with Crippen LogP contribution in [0.4, 0.5) is 10.1 Å². The molecule has 1 aromatic rings. The lowest BCUT2D eigenvalue weighted by Gasteiger charge is -2.39. The van der Waals surface area contributed by atoms with Crippen molar-refractivity contribution in [3.8, 4) is 0 Å². The molecule has 8 heteroatoms. The molecule has 1 spiro atoms. The molecule has 2 aliphatic heterocycles. The van der Waals surface area contributed by atoms with Crippen LogP contribution in [0.15, 0.2) is 18.2 Å². The van der Waals surface area contributed by atoms with E-state index in [0.29, 0.717) is 17.8 Å². The van der Waals surface area contributed by atoms with Gasteiger partial charge in [-0.1, -0.05) is 6.07 Å². The third-order valence-electron chi connectivity index (χ3n) is 6.19. The second-order valence-corrected chi connectivity index (χ2v) is 10.9. The molecule has 0 saturated carbocycles. The Balaban J connectivity index is 1.57. The zero-order chi connectivity index (χ0) is 20.7. The molecule has 1 amide bonds. The lowest BCUT2D eigenvalue weighted by molar-refractivity contribution is -0.117. The number of amides is 1. The summed E-state index contributed by atoms with van der Waals surface area (Å²) in [5.74, 6) is -0.494. The molecule has 3 rings (SSSR count). The molecule has 0 atom stereocenters. The van der Waals surface area contributed by atoms with Crippen LogP contribution >= 0.6 is 0 Å². The molecule has 2 saturated heterocycles. The van der Waals surface area contributed by atoms with Gasteiger partial charge >= 0.3 is 0 Å². The topological polar surface area (TPSA) is 69.7 Å². The molecule has 0 aromatic heterocycles. The van der Waals surface area contributed by atoms with Gasteiger partial charge in [0.1, 0.15) is 5.82 Å². The first-order valence-electron chi connectivity index (χ1n) is 9.67. The molecule has 156 valence electrons. The molecule has 0 unspecified atom stereocenters. The number of sulfonamides is 1. The Morgan fingerprint density at radius 2 is 1.89 bits per heavy atom. The van der Waals surface area contributed by atoms with Crippen molar-refractivity contribution in [1.82, 2.24) is 9.21 Å². The van der Waals surface area contributed by atoms with Gasteiger partial charge in [-0.05, 0) is 70.7 Å². The van der Waals surface area contributed by atoms with Gasteiger partial charge in [0.15, 0.2) is 0 Å². The second-order valence-electron chi connectivity index (χ2n) is 9.00. The zero-order valence-corrected chi connectivity index (χ0v) is 17.9. The summed E-state index contributed by atoms with van der Waals surface area (Å²) in [5.41, 5.74) is 0.545. The third kappa shape index (κ3) is 4.39. The highest BCUT2D eigenvalue weighted by Gasteiger charge is 2.52. The maximum Gasteiger partial charge on any atom is 0.238 e. The first-order chi connectivity index (χ1) is 12.9. The van der Waals surface area contributed by atoms with Crippen molar-refractivity contribution in [3.05, 3.63) is 29.6 Å². The van der Waals surface area contributed by atoms with Crippen LogP contribution < -0.4 is 5.32 Å². The van der Waals surface area contributed by atoms with Crippen LogP contribution in [0, 0.1) is 18.2 Å². The highest BCUT2D eigenvalue weighted by molar-refractivity contribution is 7.88. The molecule has 0 aliphatic carbocycles. The number of hydrogen-bond acceptors (Lipinski definition) is 4. The van der Waals surface area contributed by atoms with E-state index in [0.717, 1.165) is 32.4 Å². The van der Waals surface area contributed by atoms with Crippen LogP contribution in [-0.4, -0.2) is 61.5 Å². The van der Waals surface area contributed by atoms with E-state index in [1.54, 1.807) is 23.4 Å². The van der Waals surface area contributed by atoms with E-state index < -0.39 is 10.0 Å². The number of likely N-dealkylation sites (tertiary alicyclic amines) is 1. The summed E-state index contributed by atoms with van der Waals surface area (Å²) in [6.45, 7) is 7.94. The predicted molar refractivity (Wildman–Crippen MR) is 108 cm³/mol. The number of piperidine rings is 1. The van der Waals surface area contributed by atoms with Crippen molar-refractivity contribution in [2.75, 3.05) is 37.8 Å². The number of anilines is 1. The van der Waals surface area contributed by atoms with Crippen molar-refractivity contribution in [1.29, 1.82) is 0 Å². The van der Waals surface area contributed by atoms with Gasteiger partial charge in [0.2, 0.25) is 15.9 Å². The first kappa shape index (κ1) is 21.2. The van der Waals surface area contributed by atoms with Crippen LogP contribution in [0.1, 0.15) is 38.7 Å². The molecule has 1 N–H and O–H groups in total. The Kier molecular flexibility index (Phi) is 5.59. The molecule has 2 heterocycles. The van der Waals surface area contributed by atoms with Crippen LogP contribution in [0.3, 0.4) is 0 Å². The summed E-state index contributed by atoms with van der Waals surface area (Å²) in [6.07, 6.45) is 3.86. The Bertz CT molecular complexity index is 861. The Hall–Kier alpha value is -1.51. The van der Waals surface area contributed by atoms with E-state index in [1.807, 2.05) is 13.8 Å². The van der Waals surface area contributed by atoms with Gasteiger partial charge in [-0.3, -0.25) is 9.69 Å². The average Bonchev–Trinajstić information content (AvgIpc) is 2.85. The lowest BCUT2D eigenvalue weighted by atomic mass is 9.74. The van der Waals surface area contributed by atoms with E-state index in [9.17, 15) is 17.6 Å². The van der Waals surface area contributed by atoms with Gasteiger partial charge in [-0.15, -0.1) is 0 Å². The second kappa shape index (κ2) is 7.39. The molecule has 2 fully saturated rings. The first-order valence-corrected chi connectivity index (χ1v) is 11.5. The van der Waals surface area contributed by atoms with Crippen molar-refractivity contribution >= 4 is 21.6 Å². The summed E-state index contributed by atoms with van der Waals surface area (Å²) in [6, 6.07) is 4.65. The molecule has 28 heavy (non-hydrogen) atoms. The molecule has 2 aliphatic rings. The number of benzene rings is 1. The van der Waals surface area contributed by atoms with Crippen LogP contribution in [0.5, 0.6) is 0 Å². The van der Waals surface area contributed by atoms with Gasteiger partial charge in [0.05, 0.1) is 12.8 Å². The molecule has 0 bridgehead atoms. The third-order valence-corrected chi connectivity index (χ3v) is 7.61. The minimum atomic E-state index is -3.24. The minimum Gasteiger partial charge on any atom is -0.325 e. The van der Waals surface area contributed by atoms with Gasteiger partial charge in [-0.25, -0.2) is 12.8 Å². The summed E-state index contributed by atoms with van der Waals surface area (Å²) < 4.78 is 39.6. The van der Waals surface area contributed by atoms with E-state index >= 15 is 0 Å². The van der Waals surface area contributed by atoms with Crippen LogP contribution in [0.25, 0.3) is 0 Å². The van der Waals surface area contributed by atoms with Crippen molar-refractivity contribution in [2.45, 2.75) is 45.6 Å². The van der Waals surface area contributed by atoms with E-state index in [-0.39, 0.29) is 29.2 Å². The fourth-order valence-electron chi connectivity index (χ4n) is 4.80. The smallest absolute Gasteiger partial charge is 0.238 e. The summed E-state index contributed by atoms with van der Waals surface area (Å²) in [7, 11) is -3.24. The van der Waals surface area contributed by atoms with Crippen molar-refractivity contribution < 1.29 is 17.6 Å². The minimum absolute atomic E-state index is 0.0152. The zero-order valence-electron chi connectivity index (χ0n) is 17.1. The van der Waals surface area contributed by atoms with Gasteiger partial charge in [0, 0.05) is 23.3 Å². The highest BCUT2D eigenvalue weighted by atomic mass is 32.2. The quantitative estimate of drug-likeness (QED) is 0.827. The molecule has 1 aromatic carbocycles. The molecular weight excluding hydrogens is 381 g/mol. The Morgan fingerprint density at radius 1 is 1.25 bits per heavy atom.